The number of halogens is 1. The van der Waals surface area contributed by atoms with Crippen molar-refractivity contribution >= 4 is 23.4 Å². The molecule has 1 aliphatic carbocycles. The maximum Gasteiger partial charge on any atom is 0.222 e. The molecule has 0 aliphatic heterocycles. The number of aliphatic hydroxyl groups is 1. The second-order valence-electron chi connectivity index (χ2n) is 5.99. The Hall–Kier alpha value is -2.05. The van der Waals surface area contributed by atoms with Crippen molar-refractivity contribution in [3.05, 3.63) is 35.5 Å². The van der Waals surface area contributed by atoms with E-state index in [1.54, 1.807) is 24.3 Å². The number of ether oxygens (including phenoxy) is 1. The Morgan fingerprint density at radius 3 is 2.75 bits per heavy atom. The number of benzene rings is 1. The van der Waals surface area contributed by atoms with Gasteiger partial charge in [0.15, 0.2) is 11.6 Å². The zero-order valence-corrected chi connectivity index (χ0v) is 14.0. The molecule has 1 aromatic carbocycles. The average molecular weight is 349 g/mol. The molecule has 0 bridgehead atoms. The molecular formula is C17H21ClN4O2. The summed E-state index contributed by atoms with van der Waals surface area (Å²) >= 11 is 5.88. The van der Waals surface area contributed by atoms with Crippen LogP contribution in [-0.2, 0) is 0 Å². The highest BCUT2D eigenvalue weighted by Gasteiger charge is 2.23. The van der Waals surface area contributed by atoms with Gasteiger partial charge in [0, 0.05) is 17.5 Å². The molecule has 4 N–H and O–H groups in total. The van der Waals surface area contributed by atoms with Gasteiger partial charge in [-0.3, -0.25) is 0 Å². The molecular weight excluding hydrogens is 328 g/mol. The maximum atomic E-state index is 10.1. The average Bonchev–Trinajstić information content (AvgIpc) is 2.58. The molecule has 1 aliphatic rings. The minimum absolute atomic E-state index is 0.171. The Kier molecular flexibility index (Phi) is 5.37. The number of aliphatic hydroxyl groups excluding tert-OH is 1. The quantitative estimate of drug-likeness (QED) is 0.766. The molecule has 0 saturated heterocycles. The van der Waals surface area contributed by atoms with E-state index in [2.05, 4.69) is 15.3 Å². The standard InChI is InChI=1S/C17H21ClN4O2/c18-12-5-7-13(8-6-12)24-15-10-21-17(19)22-16(15)20-9-11-3-1-2-4-14(11)23/h5-8,10-11,14,23H,1-4,9H2,(H3,19,20,21,22)/t11-,14+/m0/s1. The molecule has 128 valence electrons. The summed E-state index contributed by atoms with van der Waals surface area (Å²) in [5, 5.41) is 14.0. The van der Waals surface area contributed by atoms with E-state index >= 15 is 0 Å². The Bertz CT molecular complexity index is 681. The van der Waals surface area contributed by atoms with Crippen LogP contribution in [0.1, 0.15) is 25.7 Å². The van der Waals surface area contributed by atoms with Crippen LogP contribution in [0.25, 0.3) is 0 Å². The Morgan fingerprint density at radius 1 is 1.25 bits per heavy atom. The Balaban J connectivity index is 1.71. The van der Waals surface area contributed by atoms with E-state index in [1.165, 1.54) is 6.20 Å². The van der Waals surface area contributed by atoms with Crippen molar-refractivity contribution in [2.24, 2.45) is 5.92 Å². The van der Waals surface area contributed by atoms with Crippen molar-refractivity contribution in [3.8, 4) is 11.5 Å². The van der Waals surface area contributed by atoms with Crippen LogP contribution in [0.4, 0.5) is 11.8 Å². The monoisotopic (exact) mass is 348 g/mol. The maximum absolute atomic E-state index is 10.1. The first-order valence-electron chi connectivity index (χ1n) is 8.09. The van der Waals surface area contributed by atoms with Crippen LogP contribution in [0.15, 0.2) is 30.5 Å². The van der Waals surface area contributed by atoms with E-state index in [9.17, 15) is 5.11 Å². The van der Waals surface area contributed by atoms with E-state index < -0.39 is 0 Å². The van der Waals surface area contributed by atoms with Crippen LogP contribution in [0.5, 0.6) is 11.5 Å². The van der Waals surface area contributed by atoms with Gasteiger partial charge in [-0.05, 0) is 37.1 Å². The third kappa shape index (κ3) is 4.27. The van der Waals surface area contributed by atoms with Gasteiger partial charge in [-0.2, -0.15) is 4.98 Å². The minimum atomic E-state index is -0.272. The summed E-state index contributed by atoms with van der Waals surface area (Å²) in [5.74, 6) is 2.02. The highest BCUT2D eigenvalue weighted by Crippen LogP contribution is 2.30. The van der Waals surface area contributed by atoms with Crippen molar-refractivity contribution < 1.29 is 9.84 Å². The van der Waals surface area contributed by atoms with Crippen LogP contribution in [0.2, 0.25) is 5.02 Å². The lowest BCUT2D eigenvalue weighted by Crippen LogP contribution is -2.30. The molecule has 24 heavy (non-hydrogen) atoms. The number of nitrogen functional groups attached to an aromatic ring is 1. The number of nitrogens with zero attached hydrogens (tertiary/aromatic N) is 2. The van der Waals surface area contributed by atoms with Crippen molar-refractivity contribution in [1.29, 1.82) is 0 Å². The van der Waals surface area contributed by atoms with E-state index in [1.807, 2.05) is 0 Å². The van der Waals surface area contributed by atoms with Gasteiger partial charge in [0.2, 0.25) is 5.95 Å². The van der Waals surface area contributed by atoms with Crippen molar-refractivity contribution in [2.75, 3.05) is 17.6 Å². The fourth-order valence-electron chi connectivity index (χ4n) is 2.87. The van der Waals surface area contributed by atoms with Crippen LogP contribution in [0, 0.1) is 5.92 Å². The molecule has 1 heterocycles. The molecule has 1 fully saturated rings. The Labute approximate surface area is 146 Å². The zero-order valence-electron chi connectivity index (χ0n) is 13.3. The third-order valence-electron chi connectivity index (χ3n) is 4.22. The largest absolute Gasteiger partial charge is 0.452 e. The lowest BCUT2D eigenvalue weighted by atomic mass is 9.86. The second kappa shape index (κ2) is 7.68. The molecule has 2 aromatic rings. The predicted octanol–water partition coefficient (Wildman–Crippen LogP) is 3.47. The van der Waals surface area contributed by atoms with Gasteiger partial charge < -0.3 is 20.9 Å². The molecule has 0 amide bonds. The van der Waals surface area contributed by atoms with Crippen LogP contribution < -0.4 is 15.8 Å². The smallest absolute Gasteiger partial charge is 0.222 e. The summed E-state index contributed by atoms with van der Waals surface area (Å²) in [6, 6.07) is 7.04. The first kappa shape index (κ1) is 16.8. The van der Waals surface area contributed by atoms with Gasteiger partial charge in [0.25, 0.3) is 0 Å². The van der Waals surface area contributed by atoms with E-state index in [-0.39, 0.29) is 18.0 Å². The van der Waals surface area contributed by atoms with E-state index in [4.69, 9.17) is 22.1 Å². The van der Waals surface area contributed by atoms with Gasteiger partial charge in [0.05, 0.1) is 12.3 Å². The Morgan fingerprint density at radius 2 is 2.00 bits per heavy atom. The molecule has 0 spiro atoms. The lowest BCUT2D eigenvalue weighted by Gasteiger charge is -2.28. The number of anilines is 2. The predicted molar refractivity (Wildman–Crippen MR) is 94.4 cm³/mol. The number of hydrogen-bond donors (Lipinski definition) is 3. The molecule has 0 unspecified atom stereocenters. The normalized spacial score (nSPS) is 20.6. The molecule has 3 rings (SSSR count). The zero-order chi connectivity index (χ0) is 16.9. The minimum Gasteiger partial charge on any atom is -0.452 e. The SMILES string of the molecule is Nc1ncc(Oc2ccc(Cl)cc2)c(NC[C@@H]2CCCC[C@H]2O)n1. The summed E-state index contributed by atoms with van der Waals surface area (Å²) in [6.45, 7) is 0.620. The van der Waals surface area contributed by atoms with Crippen LogP contribution in [0.3, 0.4) is 0 Å². The molecule has 6 nitrogen and oxygen atoms in total. The summed E-state index contributed by atoms with van der Waals surface area (Å²) in [4.78, 5) is 8.21. The summed E-state index contributed by atoms with van der Waals surface area (Å²) in [7, 11) is 0. The van der Waals surface area contributed by atoms with Crippen LogP contribution >= 0.6 is 11.6 Å². The number of nitrogens with one attached hydrogen (secondary N) is 1. The lowest BCUT2D eigenvalue weighted by molar-refractivity contribution is 0.0762. The summed E-state index contributed by atoms with van der Waals surface area (Å²) in [5.41, 5.74) is 5.69. The van der Waals surface area contributed by atoms with Gasteiger partial charge in [0.1, 0.15) is 5.75 Å². The molecule has 1 aromatic heterocycles. The molecule has 2 atom stereocenters. The van der Waals surface area contributed by atoms with Gasteiger partial charge in [-0.1, -0.05) is 24.4 Å². The van der Waals surface area contributed by atoms with Gasteiger partial charge >= 0.3 is 0 Å². The first-order valence-corrected chi connectivity index (χ1v) is 8.47. The number of hydrogen-bond acceptors (Lipinski definition) is 6. The molecule has 0 radical (unpaired) electrons. The summed E-state index contributed by atoms with van der Waals surface area (Å²) < 4.78 is 5.82. The third-order valence-corrected chi connectivity index (χ3v) is 4.47. The van der Waals surface area contributed by atoms with Crippen molar-refractivity contribution in [3.63, 3.8) is 0 Å². The van der Waals surface area contributed by atoms with Crippen molar-refractivity contribution in [2.45, 2.75) is 31.8 Å². The number of aromatic nitrogens is 2. The first-order chi connectivity index (χ1) is 11.6. The van der Waals surface area contributed by atoms with Gasteiger partial charge in [-0.15, -0.1) is 0 Å². The number of nitrogens with two attached hydrogens (primary N) is 1. The van der Waals surface area contributed by atoms with E-state index in [0.717, 1.165) is 25.7 Å². The fraction of sp³-hybridized carbons (Fsp3) is 0.412. The van der Waals surface area contributed by atoms with Crippen molar-refractivity contribution in [1.82, 2.24) is 9.97 Å². The highest BCUT2D eigenvalue weighted by atomic mass is 35.5. The second-order valence-corrected chi connectivity index (χ2v) is 6.43. The molecule has 7 heteroatoms. The van der Waals surface area contributed by atoms with Crippen LogP contribution in [-0.4, -0.2) is 27.7 Å². The van der Waals surface area contributed by atoms with E-state index in [0.29, 0.717) is 28.9 Å². The highest BCUT2D eigenvalue weighted by molar-refractivity contribution is 6.30. The summed E-state index contributed by atoms with van der Waals surface area (Å²) in [6.07, 6.45) is 5.35. The fourth-order valence-corrected chi connectivity index (χ4v) is 3.00. The topological polar surface area (TPSA) is 93.3 Å². The van der Waals surface area contributed by atoms with Gasteiger partial charge in [-0.25, -0.2) is 4.98 Å². The number of rotatable bonds is 5. The molecule has 1 saturated carbocycles.